The predicted octanol–water partition coefficient (Wildman–Crippen LogP) is 0.102. The van der Waals surface area contributed by atoms with Crippen LogP contribution in [0.2, 0.25) is 0 Å². The quantitative estimate of drug-likeness (QED) is 0.438. The first-order valence-corrected chi connectivity index (χ1v) is 4.32. The lowest BCUT2D eigenvalue weighted by Gasteiger charge is -2.03. The maximum absolute atomic E-state index is 8.98. The lowest BCUT2D eigenvalue weighted by atomic mass is 9.79. The van der Waals surface area contributed by atoms with Crippen molar-refractivity contribution < 1.29 is 10.0 Å². The fraction of sp³-hybridized carbons (Fsp3) is 0. The minimum atomic E-state index is -1.43. The second-order valence-electron chi connectivity index (χ2n) is 3.24. The molecule has 0 aromatic heterocycles. The Morgan fingerprint density at radius 1 is 0.929 bits per heavy atom. The van der Waals surface area contributed by atoms with Crippen molar-refractivity contribution in [2.24, 2.45) is 0 Å². The second-order valence-corrected chi connectivity index (χ2v) is 3.24. The highest BCUT2D eigenvalue weighted by atomic mass is 16.4. The van der Waals surface area contributed by atoms with E-state index in [0.29, 0.717) is 11.2 Å². The van der Waals surface area contributed by atoms with E-state index in [2.05, 4.69) is 0 Å². The molecular weight excluding hydrogens is 177 g/mol. The van der Waals surface area contributed by atoms with E-state index < -0.39 is 7.12 Å². The number of benzene rings is 2. The van der Waals surface area contributed by atoms with Crippen LogP contribution in [0.1, 0.15) is 0 Å². The van der Waals surface area contributed by atoms with Gasteiger partial charge in [0.1, 0.15) is 0 Å². The highest BCUT2D eigenvalue weighted by Gasteiger charge is 2.10. The summed E-state index contributed by atoms with van der Waals surface area (Å²) in [4.78, 5) is 0. The summed E-state index contributed by atoms with van der Waals surface area (Å²) in [5, 5.41) is 19.9. The molecule has 4 heteroatoms. The Balaban J connectivity index is 2.63. The number of nitrogen functional groups attached to an aromatic ring is 1. The number of hydrogen-bond acceptors (Lipinski definition) is 3. The molecule has 2 rings (SSSR count). The van der Waals surface area contributed by atoms with Crippen molar-refractivity contribution >= 4 is 29.0 Å². The molecule has 0 saturated heterocycles. The van der Waals surface area contributed by atoms with Gasteiger partial charge in [-0.3, -0.25) is 0 Å². The summed E-state index contributed by atoms with van der Waals surface area (Å²) in [7, 11) is -1.43. The van der Waals surface area contributed by atoms with Crippen molar-refractivity contribution in [1.82, 2.24) is 0 Å². The van der Waals surface area contributed by atoms with E-state index in [-0.39, 0.29) is 0 Å². The van der Waals surface area contributed by atoms with Crippen molar-refractivity contribution in [1.29, 1.82) is 0 Å². The SMILES string of the molecule is Nc1ccc2ccc(B(O)O)cc2c1. The highest BCUT2D eigenvalue weighted by Crippen LogP contribution is 2.15. The zero-order chi connectivity index (χ0) is 10.1. The van der Waals surface area contributed by atoms with Gasteiger partial charge in [0, 0.05) is 5.69 Å². The lowest BCUT2D eigenvalue weighted by Crippen LogP contribution is -2.29. The molecule has 70 valence electrons. The third-order valence-electron chi connectivity index (χ3n) is 2.19. The van der Waals surface area contributed by atoms with Crippen LogP contribution < -0.4 is 11.2 Å². The van der Waals surface area contributed by atoms with E-state index in [1.807, 2.05) is 18.2 Å². The van der Waals surface area contributed by atoms with Crippen molar-refractivity contribution in [2.45, 2.75) is 0 Å². The van der Waals surface area contributed by atoms with Crippen molar-refractivity contribution in [2.75, 3.05) is 5.73 Å². The van der Waals surface area contributed by atoms with Crippen LogP contribution in [0.4, 0.5) is 5.69 Å². The number of hydrogen-bond donors (Lipinski definition) is 3. The van der Waals surface area contributed by atoms with E-state index in [1.165, 1.54) is 0 Å². The average Bonchev–Trinajstić information content (AvgIpc) is 2.16. The molecule has 0 heterocycles. The molecule has 0 aliphatic carbocycles. The van der Waals surface area contributed by atoms with E-state index >= 15 is 0 Å². The van der Waals surface area contributed by atoms with E-state index in [1.54, 1.807) is 18.2 Å². The largest absolute Gasteiger partial charge is 0.488 e. The molecule has 0 bridgehead atoms. The average molecular weight is 187 g/mol. The van der Waals surface area contributed by atoms with Crippen LogP contribution in [0.5, 0.6) is 0 Å². The molecule has 0 fully saturated rings. The van der Waals surface area contributed by atoms with Gasteiger partial charge in [0.15, 0.2) is 0 Å². The van der Waals surface area contributed by atoms with Gasteiger partial charge in [0.25, 0.3) is 0 Å². The van der Waals surface area contributed by atoms with Gasteiger partial charge in [-0.15, -0.1) is 0 Å². The van der Waals surface area contributed by atoms with Gasteiger partial charge in [0.05, 0.1) is 0 Å². The minimum Gasteiger partial charge on any atom is -0.423 e. The number of anilines is 1. The van der Waals surface area contributed by atoms with Crippen molar-refractivity contribution in [3.8, 4) is 0 Å². The summed E-state index contributed by atoms with van der Waals surface area (Å²) in [5.74, 6) is 0. The van der Waals surface area contributed by atoms with E-state index in [0.717, 1.165) is 10.8 Å². The maximum atomic E-state index is 8.98. The smallest absolute Gasteiger partial charge is 0.423 e. The third-order valence-corrected chi connectivity index (χ3v) is 2.19. The summed E-state index contributed by atoms with van der Waals surface area (Å²) >= 11 is 0. The fourth-order valence-corrected chi connectivity index (χ4v) is 1.44. The highest BCUT2D eigenvalue weighted by molar-refractivity contribution is 6.58. The standard InChI is InChI=1S/C10H10BNO2/c12-10-4-2-7-1-3-9(11(13)14)5-8(7)6-10/h1-6,13-14H,12H2. The van der Waals surface area contributed by atoms with Gasteiger partial charge < -0.3 is 15.8 Å². The molecule has 0 amide bonds. The molecule has 0 atom stereocenters. The molecule has 0 aliphatic heterocycles. The van der Waals surface area contributed by atoms with Gasteiger partial charge in [-0.05, 0) is 28.4 Å². The molecule has 0 radical (unpaired) electrons. The van der Waals surface area contributed by atoms with E-state index in [9.17, 15) is 0 Å². The minimum absolute atomic E-state index is 0.475. The van der Waals surface area contributed by atoms with Gasteiger partial charge in [-0.1, -0.05) is 24.3 Å². The van der Waals surface area contributed by atoms with Gasteiger partial charge in [-0.25, -0.2) is 0 Å². The first kappa shape index (κ1) is 9.06. The van der Waals surface area contributed by atoms with Crippen molar-refractivity contribution in [3.05, 3.63) is 36.4 Å². The zero-order valence-corrected chi connectivity index (χ0v) is 7.51. The first-order valence-electron chi connectivity index (χ1n) is 4.32. The van der Waals surface area contributed by atoms with Gasteiger partial charge in [0.2, 0.25) is 0 Å². The summed E-state index contributed by atoms with van der Waals surface area (Å²) in [6, 6.07) is 10.8. The Bertz CT molecular complexity index is 471. The van der Waals surface area contributed by atoms with Crippen LogP contribution in [0.15, 0.2) is 36.4 Å². The second kappa shape index (κ2) is 3.33. The molecule has 2 aromatic rings. The monoisotopic (exact) mass is 187 g/mol. The Kier molecular flexibility index (Phi) is 2.15. The zero-order valence-electron chi connectivity index (χ0n) is 7.51. The summed E-state index contributed by atoms with van der Waals surface area (Å²) in [5.41, 5.74) is 6.77. The molecule has 0 aliphatic rings. The molecule has 0 unspecified atom stereocenters. The number of rotatable bonds is 1. The fourth-order valence-electron chi connectivity index (χ4n) is 1.44. The summed E-state index contributed by atoms with van der Waals surface area (Å²) < 4.78 is 0. The van der Waals surface area contributed by atoms with Gasteiger partial charge in [-0.2, -0.15) is 0 Å². The van der Waals surface area contributed by atoms with Gasteiger partial charge >= 0.3 is 7.12 Å². The van der Waals surface area contributed by atoms with Crippen LogP contribution in [-0.2, 0) is 0 Å². The predicted molar refractivity (Wildman–Crippen MR) is 58.2 cm³/mol. The third kappa shape index (κ3) is 1.57. The molecule has 0 saturated carbocycles. The Morgan fingerprint density at radius 2 is 1.64 bits per heavy atom. The molecular formula is C10H10BNO2. The number of fused-ring (bicyclic) bond motifs is 1. The van der Waals surface area contributed by atoms with E-state index in [4.69, 9.17) is 15.8 Å². The molecule has 4 N–H and O–H groups in total. The molecule has 3 nitrogen and oxygen atoms in total. The normalized spacial score (nSPS) is 10.4. The molecule has 14 heavy (non-hydrogen) atoms. The van der Waals surface area contributed by atoms with Crippen LogP contribution in [-0.4, -0.2) is 17.2 Å². The summed E-state index contributed by atoms with van der Waals surface area (Å²) in [6.07, 6.45) is 0. The molecule has 0 spiro atoms. The summed E-state index contributed by atoms with van der Waals surface area (Å²) in [6.45, 7) is 0. The first-order chi connectivity index (χ1) is 6.66. The lowest BCUT2D eigenvalue weighted by molar-refractivity contribution is 0.426. The Labute approximate surface area is 81.9 Å². The Morgan fingerprint density at radius 3 is 2.36 bits per heavy atom. The topological polar surface area (TPSA) is 66.5 Å². The Hall–Kier alpha value is -1.52. The molecule has 2 aromatic carbocycles. The van der Waals surface area contributed by atoms with Crippen LogP contribution in [0.3, 0.4) is 0 Å². The van der Waals surface area contributed by atoms with Crippen LogP contribution in [0.25, 0.3) is 10.8 Å². The number of nitrogens with two attached hydrogens (primary N) is 1. The van der Waals surface area contributed by atoms with Crippen LogP contribution >= 0.6 is 0 Å². The van der Waals surface area contributed by atoms with Crippen molar-refractivity contribution in [3.63, 3.8) is 0 Å². The maximum Gasteiger partial charge on any atom is 0.488 e. The van der Waals surface area contributed by atoms with Crippen LogP contribution in [0, 0.1) is 0 Å².